The summed E-state index contributed by atoms with van der Waals surface area (Å²) in [5.41, 5.74) is 1.29. The summed E-state index contributed by atoms with van der Waals surface area (Å²) >= 11 is 0. The smallest absolute Gasteiger partial charge is 0.400 e. The molecule has 0 saturated heterocycles. The van der Waals surface area contributed by atoms with Crippen molar-refractivity contribution in [2.75, 3.05) is 0 Å². The fourth-order valence-electron chi connectivity index (χ4n) is 1.39. The van der Waals surface area contributed by atoms with Gasteiger partial charge in [0.15, 0.2) is 11.4 Å². The maximum absolute atomic E-state index is 10.6. The van der Waals surface area contributed by atoms with Gasteiger partial charge >= 0.3 is 12.0 Å². The largest absolute Gasteiger partial charge is 0.476 e. The lowest BCUT2D eigenvalue weighted by molar-refractivity contribution is 0.0690. The first-order valence-electron chi connectivity index (χ1n) is 4.86. The summed E-state index contributed by atoms with van der Waals surface area (Å²) in [5.74, 6) is -0.644. The zero-order valence-corrected chi connectivity index (χ0v) is 9.59. The molecule has 7 nitrogen and oxygen atoms in total. The average molecular weight is 237 g/mol. The van der Waals surface area contributed by atoms with Gasteiger partial charge in [-0.15, -0.1) is 0 Å². The molecule has 0 aromatic carbocycles. The summed E-state index contributed by atoms with van der Waals surface area (Å²) in [6, 6.07) is 0. The number of hydrogen-bond acceptors (Lipinski definition) is 5. The molecule has 90 valence electrons. The number of nitrogens with zero attached hydrogens (tertiary/aromatic N) is 3. The van der Waals surface area contributed by atoms with Crippen molar-refractivity contribution in [3.8, 4) is 11.8 Å². The number of aryl methyl sites for hydroxylation is 2. The molecule has 0 aliphatic rings. The lowest BCUT2D eigenvalue weighted by Gasteiger charge is -1.99. The van der Waals surface area contributed by atoms with Crippen LogP contribution in [0.25, 0.3) is 0 Å². The third-order valence-corrected chi connectivity index (χ3v) is 2.33. The summed E-state index contributed by atoms with van der Waals surface area (Å²) in [6.07, 6.45) is 0.917. The molecule has 0 aliphatic heterocycles. The van der Waals surface area contributed by atoms with Crippen LogP contribution in [0.15, 0.2) is 10.7 Å². The van der Waals surface area contributed by atoms with Crippen LogP contribution in [0.3, 0.4) is 0 Å². The van der Waals surface area contributed by atoms with Crippen molar-refractivity contribution in [1.82, 2.24) is 14.8 Å². The van der Waals surface area contributed by atoms with E-state index in [1.807, 2.05) is 6.92 Å². The van der Waals surface area contributed by atoms with Crippen molar-refractivity contribution in [3.63, 3.8) is 0 Å². The minimum atomic E-state index is -1.16. The van der Waals surface area contributed by atoms with Crippen molar-refractivity contribution in [2.24, 2.45) is 7.05 Å². The van der Waals surface area contributed by atoms with Gasteiger partial charge in [-0.25, -0.2) is 4.79 Å². The third kappa shape index (κ3) is 1.99. The number of ether oxygens (including phenoxy) is 1. The second-order valence-electron chi connectivity index (χ2n) is 3.53. The Labute approximate surface area is 96.6 Å². The number of aromatic carboxylic acids is 1. The van der Waals surface area contributed by atoms with Gasteiger partial charge in [0.2, 0.25) is 0 Å². The van der Waals surface area contributed by atoms with Gasteiger partial charge in [-0.3, -0.25) is 4.68 Å². The second-order valence-corrected chi connectivity index (χ2v) is 3.53. The Morgan fingerprint density at radius 3 is 2.71 bits per heavy atom. The first-order valence-corrected chi connectivity index (χ1v) is 4.86. The van der Waals surface area contributed by atoms with Crippen LogP contribution in [0.2, 0.25) is 0 Å². The molecule has 0 fully saturated rings. The number of carbonyl (C=O) groups is 1. The maximum Gasteiger partial charge on any atom is 0.400 e. The quantitative estimate of drug-likeness (QED) is 0.870. The predicted octanol–water partition coefficient (Wildman–Crippen LogP) is 1.52. The maximum atomic E-state index is 10.6. The van der Waals surface area contributed by atoms with Crippen LogP contribution in [0, 0.1) is 13.8 Å². The van der Waals surface area contributed by atoms with Gasteiger partial charge in [0.1, 0.15) is 12.0 Å². The van der Waals surface area contributed by atoms with Gasteiger partial charge in [0.05, 0.1) is 5.69 Å². The molecule has 2 heterocycles. The molecular weight excluding hydrogens is 226 g/mol. The zero-order valence-electron chi connectivity index (χ0n) is 9.59. The summed E-state index contributed by atoms with van der Waals surface area (Å²) in [4.78, 5) is 14.3. The fraction of sp³-hybridized carbons (Fsp3) is 0.300. The first-order chi connectivity index (χ1) is 7.99. The highest BCUT2D eigenvalue weighted by molar-refractivity contribution is 5.84. The standard InChI is InChI=1S/C10H11N3O4/c1-5-8(6(2)13(3)12-5)17-10-11-7(4-16-10)9(14)15/h4H,1-3H3,(H,14,15). The molecule has 1 N–H and O–H groups in total. The Balaban J connectivity index is 2.28. The SMILES string of the molecule is Cc1nn(C)c(C)c1Oc1nc(C(=O)O)co1. The highest BCUT2D eigenvalue weighted by Gasteiger charge is 2.16. The third-order valence-electron chi connectivity index (χ3n) is 2.33. The van der Waals surface area contributed by atoms with Crippen molar-refractivity contribution < 1.29 is 19.1 Å². The normalized spacial score (nSPS) is 10.5. The molecule has 0 bridgehead atoms. The molecule has 2 aromatic rings. The number of oxazole rings is 1. The molecular formula is C10H11N3O4. The zero-order chi connectivity index (χ0) is 12.6. The summed E-state index contributed by atoms with van der Waals surface area (Å²) < 4.78 is 11.9. The van der Waals surface area contributed by atoms with E-state index in [9.17, 15) is 4.79 Å². The first kappa shape index (κ1) is 11.2. The van der Waals surface area contributed by atoms with Crippen molar-refractivity contribution >= 4 is 5.97 Å². The van der Waals surface area contributed by atoms with E-state index in [-0.39, 0.29) is 11.8 Å². The lowest BCUT2D eigenvalue weighted by Crippen LogP contribution is -1.96. The van der Waals surface area contributed by atoms with Gasteiger partial charge in [0, 0.05) is 7.05 Å². The molecule has 0 amide bonds. The molecule has 2 rings (SSSR count). The highest BCUT2D eigenvalue weighted by Crippen LogP contribution is 2.27. The van der Waals surface area contributed by atoms with Crippen LogP contribution in [-0.4, -0.2) is 25.8 Å². The fourth-order valence-corrected chi connectivity index (χ4v) is 1.39. The van der Waals surface area contributed by atoms with E-state index in [1.165, 1.54) is 0 Å². The molecule has 7 heteroatoms. The Kier molecular flexibility index (Phi) is 2.58. The van der Waals surface area contributed by atoms with Gasteiger partial charge in [-0.05, 0) is 13.8 Å². The number of carboxylic acid groups (broad SMARTS) is 1. The molecule has 0 atom stereocenters. The minimum absolute atomic E-state index is 0.110. The highest BCUT2D eigenvalue weighted by atomic mass is 16.6. The van der Waals surface area contributed by atoms with Crippen LogP contribution < -0.4 is 4.74 Å². The number of aromatic nitrogens is 3. The molecule has 0 saturated carbocycles. The Morgan fingerprint density at radius 1 is 1.53 bits per heavy atom. The van der Waals surface area contributed by atoms with E-state index in [2.05, 4.69) is 10.1 Å². The Morgan fingerprint density at radius 2 is 2.24 bits per heavy atom. The molecule has 2 aromatic heterocycles. The molecule has 0 unspecified atom stereocenters. The second kappa shape index (κ2) is 3.93. The topological polar surface area (TPSA) is 90.4 Å². The van der Waals surface area contributed by atoms with Crippen molar-refractivity contribution in [1.29, 1.82) is 0 Å². The monoisotopic (exact) mass is 237 g/mol. The van der Waals surface area contributed by atoms with Gasteiger partial charge in [0.25, 0.3) is 0 Å². The molecule has 0 radical (unpaired) electrons. The number of carboxylic acids is 1. The van der Waals surface area contributed by atoms with Gasteiger partial charge in [-0.2, -0.15) is 10.1 Å². The van der Waals surface area contributed by atoms with E-state index in [4.69, 9.17) is 14.3 Å². The van der Waals surface area contributed by atoms with Gasteiger partial charge in [-0.1, -0.05) is 0 Å². The predicted molar refractivity (Wildman–Crippen MR) is 56.2 cm³/mol. The van der Waals surface area contributed by atoms with E-state index < -0.39 is 5.97 Å². The van der Waals surface area contributed by atoms with E-state index in [1.54, 1.807) is 18.7 Å². The van der Waals surface area contributed by atoms with E-state index in [0.29, 0.717) is 11.4 Å². The molecule has 17 heavy (non-hydrogen) atoms. The summed E-state index contributed by atoms with van der Waals surface area (Å²) in [6.45, 7) is 3.61. The summed E-state index contributed by atoms with van der Waals surface area (Å²) in [5, 5.41) is 12.8. The Hall–Kier alpha value is -2.31. The van der Waals surface area contributed by atoms with Crippen LogP contribution in [0.5, 0.6) is 11.8 Å². The lowest BCUT2D eigenvalue weighted by atomic mass is 10.3. The average Bonchev–Trinajstić information content (AvgIpc) is 2.80. The van der Waals surface area contributed by atoms with Gasteiger partial charge < -0.3 is 14.3 Å². The van der Waals surface area contributed by atoms with Crippen LogP contribution in [0.4, 0.5) is 0 Å². The number of hydrogen-bond donors (Lipinski definition) is 1. The van der Waals surface area contributed by atoms with Crippen molar-refractivity contribution in [2.45, 2.75) is 13.8 Å². The summed E-state index contributed by atoms with van der Waals surface area (Å²) in [7, 11) is 1.79. The van der Waals surface area contributed by atoms with Crippen LogP contribution >= 0.6 is 0 Å². The van der Waals surface area contributed by atoms with Crippen LogP contribution in [-0.2, 0) is 7.05 Å². The Bertz CT molecular complexity index is 570. The van der Waals surface area contributed by atoms with Crippen molar-refractivity contribution in [3.05, 3.63) is 23.3 Å². The van der Waals surface area contributed by atoms with Crippen LogP contribution in [0.1, 0.15) is 21.9 Å². The van der Waals surface area contributed by atoms with E-state index in [0.717, 1.165) is 12.0 Å². The van der Waals surface area contributed by atoms with E-state index >= 15 is 0 Å². The molecule has 0 spiro atoms. The molecule has 0 aliphatic carbocycles. The number of rotatable bonds is 3. The minimum Gasteiger partial charge on any atom is -0.476 e.